The molecule has 0 heterocycles. The van der Waals surface area contributed by atoms with Crippen LogP contribution in [0.3, 0.4) is 0 Å². The van der Waals surface area contributed by atoms with Gasteiger partial charge in [0.15, 0.2) is 0 Å². The number of nitrogens with two attached hydrogens (primary N) is 1. The van der Waals surface area contributed by atoms with Crippen LogP contribution >= 0.6 is 0 Å². The van der Waals surface area contributed by atoms with Crippen molar-refractivity contribution in [2.45, 2.75) is 39.2 Å². The molecule has 0 bridgehead atoms. The van der Waals surface area contributed by atoms with Crippen LogP contribution in [0.2, 0.25) is 0 Å². The standard InChI is InChI=1S/C15H24N2O/c1-10-8-13(11(2)12(3)14(10)18-5)17(4)9-15(16)6-7-15/h8H,6-7,9,16H2,1-5H3. The number of hydrogen-bond donors (Lipinski definition) is 1. The summed E-state index contributed by atoms with van der Waals surface area (Å²) in [6.45, 7) is 7.30. The first kappa shape index (κ1) is 13.2. The third kappa shape index (κ3) is 2.32. The highest BCUT2D eigenvalue weighted by atomic mass is 16.5. The Balaban J connectivity index is 2.33. The first-order valence-electron chi connectivity index (χ1n) is 6.53. The summed E-state index contributed by atoms with van der Waals surface area (Å²) in [5.74, 6) is 0.999. The number of ether oxygens (including phenoxy) is 1. The second-order valence-electron chi connectivity index (χ2n) is 5.71. The number of benzene rings is 1. The predicted molar refractivity (Wildman–Crippen MR) is 76.6 cm³/mol. The van der Waals surface area contributed by atoms with Crippen molar-refractivity contribution in [1.82, 2.24) is 0 Å². The number of likely N-dealkylation sites (N-methyl/N-ethyl adjacent to an activating group) is 1. The molecule has 1 aromatic rings. The molecule has 1 aromatic carbocycles. The lowest BCUT2D eigenvalue weighted by Gasteiger charge is -2.27. The lowest BCUT2D eigenvalue weighted by Crippen LogP contribution is -2.37. The molecule has 2 N–H and O–H groups in total. The van der Waals surface area contributed by atoms with Crippen molar-refractivity contribution in [1.29, 1.82) is 0 Å². The zero-order valence-electron chi connectivity index (χ0n) is 12.1. The summed E-state index contributed by atoms with van der Waals surface area (Å²) in [6, 6.07) is 2.20. The van der Waals surface area contributed by atoms with Crippen molar-refractivity contribution in [3.8, 4) is 5.75 Å². The van der Waals surface area contributed by atoms with E-state index in [1.165, 1.54) is 22.4 Å². The Morgan fingerprint density at radius 3 is 2.39 bits per heavy atom. The summed E-state index contributed by atoms with van der Waals surface area (Å²) in [5.41, 5.74) is 11.2. The molecular weight excluding hydrogens is 224 g/mol. The lowest BCUT2D eigenvalue weighted by atomic mass is 10.0. The van der Waals surface area contributed by atoms with E-state index in [0.29, 0.717) is 0 Å². The van der Waals surface area contributed by atoms with E-state index >= 15 is 0 Å². The SMILES string of the molecule is COc1c(C)cc(N(C)CC2(N)CC2)c(C)c1C. The molecule has 3 heteroatoms. The van der Waals surface area contributed by atoms with Gasteiger partial charge in [0.25, 0.3) is 0 Å². The average Bonchev–Trinajstić information content (AvgIpc) is 3.02. The zero-order valence-corrected chi connectivity index (χ0v) is 12.1. The summed E-state index contributed by atoms with van der Waals surface area (Å²) in [4.78, 5) is 2.28. The molecule has 0 radical (unpaired) electrons. The molecule has 100 valence electrons. The topological polar surface area (TPSA) is 38.5 Å². The van der Waals surface area contributed by atoms with E-state index in [0.717, 1.165) is 25.1 Å². The second kappa shape index (κ2) is 4.47. The highest BCUT2D eigenvalue weighted by Gasteiger charge is 2.39. The molecule has 0 aliphatic heterocycles. The highest BCUT2D eigenvalue weighted by molar-refractivity contribution is 5.63. The van der Waals surface area contributed by atoms with Crippen LogP contribution in [0.1, 0.15) is 29.5 Å². The minimum Gasteiger partial charge on any atom is -0.496 e. The normalized spacial score (nSPS) is 16.6. The van der Waals surface area contributed by atoms with Gasteiger partial charge in [-0.15, -0.1) is 0 Å². The van der Waals surface area contributed by atoms with Crippen LogP contribution < -0.4 is 15.4 Å². The Morgan fingerprint density at radius 1 is 1.28 bits per heavy atom. The second-order valence-corrected chi connectivity index (χ2v) is 5.71. The van der Waals surface area contributed by atoms with Crippen LogP contribution in [0.15, 0.2) is 6.07 Å². The molecule has 3 nitrogen and oxygen atoms in total. The van der Waals surface area contributed by atoms with Crippen LogP contribution in [0.4, 0.5) is 5.69 Å². The summed E-state index contributed by atoms with van der Waals surface area (Å²) < 4.78 is 5.46. The summed E-state index contributed by atoms with van der Waals surface area (Å²) in [7, 11) is 3.86. The van der Waals surface area contributed by atoms with Crippen molar-refractivity contribution < 1.29 is 4.74 Å². The molecule has 0 spiro atoms. The van der Waals surface area contributed by atoms with E-state index in [1.54, 1.807) is 7.11 Å². The summed E-state index contributed by atoms with van der Waals surface area (Å²) >= 11 is 0. The van der Waals surface area contributed by atoms with Gasteiger partial charge in [-0.1, -0.05) is 0 Å². The van der Waals surface area contributed by atoms with E-state index in [2.05, 4.69) is 38.8 Å². The average molecular weight is 248 g/mol. The van der Waals surface area contributed by atoms with Gasteiger partial charge in [0.1, 0.15) is 5.75 Å². The molecule has 1 aliphatic rings. The molecule has 18 heavy (non-hydrogen) atoms. The van der Waals surface area contributed by atoms with E-state index in [-0.39, 0.29) is 5.54 Å². The summed E-state index contributed by atoms with van der Waals surface area (Å²) in [5, 5.41) is 0. The fraction of sp³-hybridized carbons (Fsp3) is 0.600. The number of aryl methyl sites for hydroxylation is 1. The van der Waals surface area contributed by atoms with Gasteiger partial charge in [0.2, 0.25) is 0 Å². The van der Waals surface area contributed by atoms with Gasteiger partial charge in [-0.25, -0.2) is 0 Å². The molecule has 2 rings (SSSR count). The Hall–Kier alpha value is -1.22. The van der Waals surface area contributed by atoms with Gasteiger partial charge in [0.05, 0.1) is 7.11 Å². The number of nitrogens with zero attached hydrogens (tertiary/aromatic N) is 1. The molecule has 0 amide bonds. The largest absolute Gasteiger partial charge is 0.496 e. The lowest BCUT2D eigenvalue weighted by molar-refractivity contribution is 0.408. The maximum atomic E-state index is 6.20. The third-order valence-corrected chi connectivity index (χ3v) is 4.06. The van der Waals surface area contributed by atoms with Crippen LogP contribution in [-0.2, 0) is 0 Å². The van der Waals surface area contributed by atoms with Crippen molar-refractivity contribution in [3.05, 3.63) is 22.8 Å². The minimum absolute atomic E-state index is 0.0446. The molecule has 1 fully saturated rings. The number of hydrogen-bond acceptors (Lipinski definition) is 3. The van der Waals surface area contributed by atoms with E-state index < -0.39 is 0 Å². The van der Waals surface area contributed by atoms with E-state index in [9.17, 15) is 0 Å². The van der Waals surface area contributed by atoms with Gasteiger partial charge < -0.3 is 15.4 Å². The molecule has 0 saturated heterocycles. The fourth-order valence-corrected chi connectivity index (χ4v) is 2.62. The summed E-state index contributed by atoms with van der Waals surface area (Å²) in [6.07, 6.45) is 2.29. The van der Waals surface area contributed by atoms with Crippen LogP contribution in [0.5, 0.6) is 5.75 Å². The van der Waals surface area contributed by atoms with Gasteiger partial charge in [-0.2, -0.15) is 0 Å². The predicted octanol–water partition coefficient (Wildman–Crippen LogP) is 2.55. The Morgan fingerprint density at radius 2 is 1.89 bits per heavy atom. The maximum absolute atomic E-state index is 6.20. The van der Waals surface area contributed by atoms with Crippen LogP contribution in [-0.4, -0.2) is 26.2 Å². The monoisotopic (exact) mass is 248 g/mol. The molecular formula is C15H24N2O. The fourth-order valence-electron chi connectivity index (χ4n) is 2.62. The highest BCUT2D eigenvalue weighted by Crippen LogP contribution is 2.37. The van der Waals surface area contributed by atoms with Crippen LogP contribution in [0.25, 0.3) is 0 Å². The first-order chi connectivity index (χ1) is 8.38. The first-order valence-corrected chi connectivity index (χ1v) is 6.53. The minimum atomic E-state index is 0.0446. The van der Waals surface area contributed by atoms with Crippen molar-refractivity contribution in [2.75, 3.05) is 25.6 Å². The Labute approximate surface area is 110 Å². The molecule has 1 aliphatic carbocycles. The Kier molecular flexibility index (Phi) is 3.28. The Bertz CT molecular complexity index is 464. The van der Waals surface area contributed by atoms with Gasteiger partial charge in [-0.3, -0.25) is 0 Å². The number of rotatable bonds is 4. The van der Waals surface area contributed by atoms with Gasteiger partial charge in [0, 0.05) is 24.8 Å². The van der Waals surface area contributed by atoms with Gasteiger partial charge in [-0.05, 0) is 56.4 Å². The maximum Gasteiger partial charge on any atom is 0.125 e. The molecule has 0 atom stereocenters. The molecule has 0 aromatic heterocycles. The van der Waals surface area contributed by atoms with Crippen LogP contribution in [0, 0.1) is 20.8 Å². The zero-order chi connectivity index (χ0) is 13.5. The van der Waals surface area contributed by atoms with Gasteiger partial charge >= 0.3 is 0 Å². The number of anilines is 1. The van der Waals surface area contributed by atoms with E-state index in [4.69, 9.17) is 10.5 Å². The smallest absolute Gasteiger partial charge is 0.125 e. The quantitative estimate of drug-likeness (QED) is 0.890. The van der Waals surface area contributed by atoms with Crippen molar-refractivity contribution >= 4 is 5.69 Å². The van der Waals surface area contributed by atoms with E-state index in [1.807, 2.05) is 0 Å². The molecule has 0 unspecified atom stereocenters. The van der Waals surface area contributed by atoms with Crippen molar-refractivity contribution in [3.63, 3.8) is 0 Å². The molecule has 1 saturated carbocycles. The van der Waals surface area contributed by atoms with Crippen molar-refractivity contribution in [2.24, 2.45) is 5.73 Å². The third-order valence-electron chi connectivity index (χ3n) is 4.06. The number of methoxy groups -OCH3 is 1.